The van der Waals surface area contributed by atoms with E-state index in [2.05, 4.69) is 12.2 Å². The van der Waals surface area contributed by atoms with Gasteiger partial charge in [0.1, 0.15) is 0 Å². The monoisotopic (exact) mass is 219 g/mol. The summed E-state index contributed by atoms with van der Waals surface area (Å²) < 4.78 is 0. The predicted octanol–water partition coefficient (Wildman–Crippen LogP) is 2.99. The lowest BCUT2D eigenvalue weighted by molar-refractivity contribution is 0.349. The second kappa shape index (κ2) is 4.24. The summed E-state index contributed by atoms with van der Waals surface area (Å²) in [4.78, 5) is 0. The normalized spacial score (nSPS) is 19.3. The number of benzene rings is 1. The minimum absolute atomic E-state index is 0.223. The van der Waals surface area contributed by atoms with E-state index in [0.29, 0.717) is 11.4 Å². The SMILES string of the molecule is CC1(Nc2ccc(N)c(N)c2)CCCCC1. The Balaban J connectivity index is 2.10. The molecule has 0 amide bonds. The van der Waals surface area contributed by atoms with Crippen molar-refractivity contribution in [1.82, 2.24) is 0 Å². The molecule has 0 heterocycles. The van der Waals surface area contributed by atoms with Crippen LogP contribution in [-0.2, 0) is 0 Å². The summed E-state index contributed by atoms with van der Waals surface area (Å²) in [7, 11) is 0. The molecule has 88 valence electrons. The Morgan fingerprint density at radius 3 is 2.38 bits per heavy atom. The van der Waals surface area contributed by atoms with E-state index in [0.717, 1.165) is 5.69 Å². The second-order valence-electron chi connectivity index (χ2n) is 5.09. The van der Waals surface area contributed by atoms with Crippen LogP contribution in [-0.4, -0.2) is 5.54 Å². The topological polar surface area (TPSA) is 64.1 Å². The molecule has 5 N–H and O–H groups in total. The smallest absolute Gasteiger partial charge is 0.0568 e. The van der Waals surface area contributed by atoms with Crippen molar-refractivity contribution in [3.63, 3.8) is 0 Å². The van der Waals surface area contributed by atoms with E-state index in [9.17, 15) is 0 Å². The summed E-state index contributed by atoms with van der Waals surface area (Å²) >= 11 is 0. The maximum absolute atomic E-state index is 5.80. The fourth-order valence-corrected chi connectivity index (χ4v) is 2.46. The highest BCUT2D eigenvalue weighted by Gasteiger charge is 2.26. The van der Waals surface area contributed by atoms with Crippen LogP contribution in [0.3, 0.4) is 0 Å². The lowest BCUT2D eigenvalue weighted by atomic mass is 9.83. The molecule has 0 bridgehead atoms. The first-order valence-corrected chi connectivity index (χ1v) is 6.02. The van der Waals surface area contributed by atoms with Crippen molar-refractivity contribution in [3.05, 3.63) is 18.2 Å². The Bertz CT molecular complexity index is 367. The van der Waals surface area contributed by atoms with Gasteiger partial charge in [-0.15, -0.1) is 0 Å². The Labute approximate surface area is 97.2 Å². The highest BCUT2D eigenvalue weighted by Crippen LogP contribution is 2.32. The van der Waals surface area contributed by atoms with E-state index in [4.69, 9.17) is 11.5 Å². The van der Waals surface area contributed by atoms with Gasteiger partial charge >= 0.3 is 0 Å². The van der Waals surface area contributed by atoms with Crippen molar-refractivity contribution >= 4 is 17.1 Å². The van der Waals surface area contributed by atoms with Crippen molar-refractivity contribution in [3.8, 4) is 0 Å². The van der Waals surface area contributed by atoms with Crippen molar-refractivity contribution < 1.29 is 0 Å². The van der Waals surface area contributed by atoms with Crippen LogP contribution in [0, 0.1) is 0 Å². The van der Waals surface area contributed by atoms with Gasteiger partial charge in [0, 0.05) is 11.2 Å². The minimum atomic E-state index is 0.223. The van der Waals surface area contributed by atoms with Crippen LogP contribution >= 0.6 is 0 Å². The molecular formula is C13H21N3. The van der Waals surface area contributed by atoms with Crippen molar-refractivity contribution in [2.24, 2.45) is 0 Å². The summed E-state index contributed by atoms with van der Waals surface area (Å²) in [5, 5.41) is 3.59. The zero-order chi connectivity index (χ0) is 11.6. The molecule has 0 unspecified atom stereocenters. The highest BCUT2D eigenvalue weighted by atomic mass is 15.0. The van der Waals surface area contributed by atoms with E-state index >= 15 is 0 Å². The summed E-state index contributed by atoms with van der Waals surface area (Å²) in [5.74, 6) is 0. The molecule has 0 spiro atoms. The third kappa shape index (κ3) is 2.40. The van der Waals surface area contributed by atoms with Crippen LogP contribution in [0.2, 0.25) is 0 Å². The van der Waals surface area contributed by atoms with E-state index in [1.807, 2.05) is 18.2 Å². The molecule has 1 saturated carbocycles. The zero-order valence-electron chi connectivity index (χ0n) is 9.92. The molecule has 1 aromatic rings. The van der Waals surface area contributed by atoms with Gasteiger partial charge in [0.05, 0.1) is 11.4 Å². The first-order valence-electron chi connectivity index (χ1n) is 6.02. The molecule has 1 aliphatic rings. The fraction of sp³-hybridized carbons (Fsp3) is 0.538. The van der Waals surface area contributed by atoms with Crippen molar-refractivity contribution in [2.75, 3.05) is 16.8 Å². The van der Waals surface area contributed by atoms with Gasteiger partial charge in [-0.3, -0.25) is 0 Å². The van der Waals surface area contributed by atoms with Gasteiger partial charge in [0.15, 0.2) is 0 Å². The molecular weight excluding hydrogens is 198 g/mol. The number of hydrogen-bond donors (Lipinski definition) is 3. The van der Waals surface area contributed by atoms with E-state index in [-0.39, 0.29) is 5.54 Å². The van der Waals surface area contributed by atoms with Crippen LogP contribution in [0.5, 0.6) is 0 Å². The molecule has 3 heteroatoms. The Morgan fingerprint density at radius 1 is 1.06 bits per heavy atom. The maximum Gasteiger partial charge on any atom is 0.0568 e. The molecule has 1 aliphatic carbocycles. The molecule has 16 heavy (non-hydrogen) atoms. The summed E-state index contributed by atoms with van der Waals surface area (Å²) in [6.45, 7) is 2.29. The predicted molar refractivity (Wildman–Crippen MR) is 70.4 cm³/mol. The Morgan fingerprint density at radius 2 is 1.75 bits per heavy atom. The molecule has 0 aromatic heterocycles. The van der Waals surface area contributed by atoms with Crippen LogP contribution in [0.1, 0.15) is 39.0 Å². The molecule has 0 radical (unpaired) electrons. The fourth-order valence-electron chi connectivity index (χ4n) is 2.46. The molecule has 1 fully saturated rings. The minimum Gasteiger partial charge on any atom is -0.397 e. The number of nitrogen functional groups attached to an aromatic ring is 2. The number of nitrogens with one attached hydrogen (secondary N) is 1. The number of hydrogen-bond acceptors (Lipinski definition) is 3. The van der Waals surface area contributed by atoms with Crippen LogP contribution in [0.4, 0.5) is 17.1 Å². The third-order valence-electron chi connectivity index (χ3n) is 3.49. The number of anilines is 3. The summed E-state index contributed by atoms with van der Waals surface area (Å²) in [6, 6.07) is 5.80. The number of rotatable bonds is 2. The average Bonchev–Trinajstić information content (AvgIpc) is 2.24. The second-order valence-corrected chi connectivity index (χ2v) is 5.09. The quantitative estimate of drug-likeness (QED) is 0.670. The van der Waals surface area contributed by atoms with Gasteiger partial charge in [0.25, 0.3) is 0 Å². The van der Waals surface area contributed by atoms with Crippen LogP contribution in [0.25, 0.3) is 0 Å². The molecule has 3 nitrogen and oxygen atoms in total. The summed E-state index contributed by atoms with van der Waals surface area (Å²) in [6.07, 6.45) is 6.46. The van der Waals surface area contributed by atoms with E-state index < -0.39 is 0 Å². The first-order chi connectivity index (χ1) is 7.59. The standard InChI is InChI=1S/C13H21N3/c1-13(7-3-2-4-8-13)16-10-5-6-11(14)12(15)9-10/h5-6,9,16H,2-4,7-8,14-15H2,1H3. The lowest BCUT2D eigenvalue weighted by Crippen LogP contribution is -2.36. The van der Waals surface area contributed by atoms with E-state index in [1.54, 1.807) is 0 Å². The highest BCUT2D eigenvalue weighted by molar-refractivity contribution is 5.69. The van der Waals surface area contributed by atoms with Crippen LogP contribution in [0.15, 0.2) is 18.2 Å². The Kier molecular flexibility index (Phi) is 2.95. The van der Waals surface area contributed by atoms with Gasteiger partial charge in [-0.05, 0) is 38.0 Å². The van der Waals surface area contributed by atoms with Crippen molar-refractivity contribution in [2.45, 2.75) is 44.6 Å². The van der Waals surface area contributed by atoms with Gasteiger partial charge in [-0.1, -0.05) is 19.3 Å². The van der Waals surface area contributed by atoms with Gasteiger partial charge in [-0.2, -0.15) is 0 Å². The molecule has 1 aromatic carbocycles. The van der Waals surface area contributed by atoms with Crippen LogP contribution < -0.4 is 16.8 Å². The maximum atomic E-state index is 5.80. The molecule has 0 aliphatic heterocycles. The van der Waals surface area contributed by atoms with Gasteiger partial charge < -0.3 is 16.8 Å². The number of nitrogens with two attached hydrogens (primary N) is 2. The van der Waals surface area contributed by atoms with Crippen molar-refractivity contribution in [1.29, 1.82) is 0 Å². The third-order valence-corrected chi connectivity index (χ3v) is 3.49. The summed E-state index contributed by atoms with van der Waals surface area (Å²) in [5.41, 5.74) is 14.1. The largest absolute Gasteiger partial charge is 0.397 e. The zero-order valence-corrected chi connectivity index (χ0v) is 9.92. The van der Waals surface area contributed by atoms with Gasteiger partial charge in [-0.25, -0.2) is 0 Å². The Hall–Kier alpha value is -1.38. The molecule has 0 saturated heterocycles. The van der Waals surface area contributed by atoms with E-state index in [1.165, 1.54) is 32.1 Å². The molecule has 2 rings (SSSR count). The average molecular weight is 219 g/mol. The van der Waals surface area contributed by atoms with Gasteiger partial charge in [0.2, 0.25) is 0 Å². The first kappa shape index (κ1) is 11.1. The molecule has 0 atom stereocenters. The lowest BCUT2D eigenvalue weighted by Gasteiger charge is -2.35.